The minimum atomic E-state index is -0.922. The van der Waals surface area contributed by atoms with Crippen molar-refractivity contribution in [2.24, 2.45) is 0 Å². The molecular formula is C9H5Cl2FO2S. The zero-order valence-electron chi connectivity index (χ0n) is 7.51. The molecule has 0 N–H and O–H groups in total. The molecule has 0 heterocycles. The Morgan fingerprint density at radius 2 is 2.00 bits per heavy atom. The van der Waals surface area contributed by atoms with E-state index in [1.165, 1.54) is 13.0 Å². The molecule has 0 bridgehead atoms. The van der Waals surface area contributed by atoms with Crippen LogP contribution >= 0.6 is 35.0 Å². The zero-order valence-corrected chi connectivity index (χ0v) is 9.84. The molecule has 0 aromatic heterocycles. The van der Waals surface area contributed by atoms with Crippen LogP contribution in [0.5, 0.6) is 0 Å². The molecule has 0 radical (unpaired) electrons. The smallest absolute Gasteiger partial charge is 0.255 e. The lowest BCUT2D eigenvalue weighted by Crippen LogP contribution is -1.96. The van der Waals surface area contributed by atoms with Gasteiger partial charge in [-0.05, 0) is 23.7 Å². The largest absolute Gasteiger partial charge is 0.287 e. The third-order valence-electron chi connectivity index (χ3n) is 1.49. The first kappa shape index (κ1) is 12.5. The van der Waals surface area contributed by atoms with Gasteiger partial charge in [0.2, 0.25) is 0 Å². The van der Waals surface area contributed by atoms with E-state index in [0.717, 1.165) is 17.8 Å². The molecule has 1 aromatic carbocycles. The van der Waals surface area contributed by atoms with Gasteiger partial charge in [0.15, 0.2) is 5.12 Å². The molecule has 15 heavy (non-hydrogen) atoms. The highest BCUT2D eigenvalue weighted by Crippen LogP contribution is 2.30. The van der Waals surface area contributed by atoms with E-state index in [-0.39, 0.29) is 15.7 Å². The summed E-state index contributed by atoms with van der Waals surface area (Å²) in [6, 6.07) is 2.13. The number of carbonyl (C=O) groups is 2. The zero-order chi connectivity index (χ0) is 11.6. The summed E-state index contributed by atoms with van der Waals surface area (Å²) >= 11 is 11.7. The van der Waals surface area contributed by atoms with Gasteiger partial charge in [0.05, 0.1) is 10.6 Å². The van der Waals surface area contributed by atoms with Crippen molar-refractivity contribution in [2.45, 2.75) is 11.8 Å². The molecule has 0 saturated heterocycles. The summed E-state index contributed by atoms with van der Waals surface area (Å²) in [4.78, 5) is 21.9. The molecule has 0 fully saturated rings. The average Bonchev–Trinajstić information content (AvgIpc) is 2.08. The first-order chi connectivity index (χ1) is 6.91. The summed E-state index contributed by atoms with van der Waals surface area (Å²) in [6.45, 7) is 1.34. The van der Waals surface area contributed by atoms with Crippen LogP contribution < -0.4 is 0 Å². The number of hydrogen-bond acceptors (Lipinski definition) is 3. The third kappa shape index (κ3) is 3.19. The molecule has 80 valence electrons. The van der Waals surface area contributed by atoms with Crippen LogP contribution in [0.2, 0.25) is 5.02 Å². The summed E-state index contributed by atoms with van der Waals surface area (Å²) in [7, 11) is 0. The number of hydrogen-bond donors (Lipinski definition) is 0. The van der Waals surface area contributed by atoms with Crippen LogP contribution in [0, 0.1) is 5.82 Å². The molecular weight excluding hydrogens is 262 g/mol. The molecule has 6 heteroatoms. The molecule has 0 unspecified atom stereocenters. The van der Waals surface area contributed by atoms with Crippen molar-refractivity contribution in [2.75, 3.05) is 0 Å². The van der Waals surface area contributed by atoms with Crippen molar-refractivity contribution >= 4 is 45.3 Å². The Morgan fingerprint density at radius 1 is 1.40 bits per heavy atom. The maximum atomic E-state index is 13.1. The van der Waals surface area contributed by atoms with Crippen molar-refractivity contribution in [1.82, 2.24) is 0 Å². The number of halogens is 3. The highest BCUT2D eigenvalue weighted by Gasteiger charge is 2.14. The van der Waals surface area contributed by atoms with Crippen molar-refractivity contribution in [1.29, 1.82) is 0 Å². The minimum Gasteiger partial charge on any atom is -0.287 e. The predicted molar refractivity (Wildman–Crippen MR) is 58.1 cm³/mol. The van der Waals surface area contributed by atoms with Gasteiger partial charge in [-0.1, -0.05) is 23.4 Å². The van der Waals surface area contributed by atoms with Crippen LogP contribution in [0.1, 0.15) is 17.3 Å². The average molecular weight is 267 g/mol. The standard InChI is InChI=1S/C9H5Cl2FO2S/c1-4(13)15-8-2-5(9(11)14)7(12)3-6(8)10/h2-3H,1H3. The minimum absolute atomic E-state index is 0.0781. The quantitative estimate of drug-likeness (QED) is 0.607. The van der Waals surface area contributed by atoms with Gasteiger partial charge in [0.25, 0.3) is 5.24 Å². The first-order valence-electron chi connectivity index (χ1n) is 3.79. The van der Waals surface area contributed by atoms with Crippen molar-refractivity contribution < 1.29 is 14.0 Å². The summed E-state index contributed by atoms with van der Waals surface area (Å²) in [6.07, 6.45) is 0. The summed E-state index contributed by atoms with van der Waals surface area (Å²) in [5.74, 6) is -0.798. The molecule has 0 aliphatic rings. The van der Waals surface area contributed by atoms with Crippen LogP contribution in [-0.4, -0.2) is 10.4 Å². The Labute approximate surface area is 99.7 Å². The third-order valence-corrected chi connectivity index (χ3v) is 2.96. The van der Waals surface area contributed by atoms with Crippen molar-refractivity contribution in [3.8, 4) is 0 Å². The Morgan fingerprint density at radius 3 is 2.47 bits per heavy atom. The van der Waals surface area contributed by atoms with Crippen molar-refractivity contribution in [3.05, 3.63) is 28.5 Å². The second kappa shape index (κ2) is 4.96. The van der Waals surface area contributed by atoms with E-state index in [2.05, 4.69) is 0 Å². The Balaban J connectivity index is 3.23. The highest BCUT2D eigenvalue weighted by atomic mass is 35.5. The van der Waals surface area contributed by atoms with E-state index in [4.69, 9.17) is 23.2 Å². The van der Waals surface area contributed by atoms with Crippen LogP contribution in [0.15, 0.2) is 17.0 Å². The lowest BCUT2D eigenvalue weighted by Gasteiger charge is -2.04. The molecule has 0 atom stereocenters. The number of rotatable bonds is 2. The normalized spacial score (nSPS) is 10.1. The van der Waals surface area contributed by atoms with Crippen LogP contribution in [0.4, 0.5) is 4.39 Å². The Bertz CT molecular complexity index is 434. The first-order valence-corrected chi connectivity index (χ1v) is 5.36. The van der Waals surface area contributed by atoms with Gasteiger partial charge in [-0.15, -0.1) is 0 Å². The lowest BCUT2D eigenvalue weighted by atomic mass is 10.2. The lowest BCUT2D eigenvalue weighted by molar-refractivity contribution is -0.109. The van der Waals surface area contributed by atoms with Gasteiger partial charge in [0, 0.05) is 11.8 Å². The SMILES string of the molecule is CC(=O)Sc1cc(C(=O)Cl)c(F)cc1Cl. The van der Waals surface area contributed by atoms with Gasteiger partial charge < -0.3 is 0 Å². The molecule has 0 spiro atoms. The fourth-order valence-electron chi connectivity index (χ4n) is 0.913. The molecule has 0 amide bonds. The van der Waals surface area contributed by atoms with E-state index >= 15 is 0 Å². The second-order valence-corrected chi connectivity index (χ2v) is 4.60. The topological polar surface area (TPSA) is 34.1 Å². The van der Waals surface area contributed by atoms with Gasteiger partial charge >= 0.3 is 0 Å². The van der Waals surface area contributed by atoms with Gasteiger partial charge in [-0.25, -0.2) is 4.39 Å². The maximum Gasteiger partial charge on any atom is 0.255 e. The fourth-order valence-corrected chi connectivity index (χ4v) is 1.97. The fraction of sp³-hybridized carbons (Fsp3) is 0.111. The van der Waals surface area contributed by atoms with E-state index in [0.29, 0.717) is 4.90 Å². The Hall–Kier alpha value is -0.580. The summed E-state index contributed by atoms with van der Waals surface area (Å²) in [5.41, 5.74) is -0.287. The van der Waals surface area contributed by atoms with Gasteiger partial charge in [0.1, 0.15) is 5.82 Å². The van der Waals surface area contributed by atoms with Crippen LogP contribution in [-0.2, 0) is 4.79 Å². The molecule has 2 nitrogen and oxygen atoms in total. The second-order valence-electron chi connectivity index (χ2n) is 2.63. The van der Waals surface area contributed by atoms with E-state index in [1.807, 2.05) is 0 Å². The molecule has 1 rings (SSSR count). The number of thioether (sulfide) groups is 1. The van der Waals surface area contributed by atoms with E-state index in [1.54, 1.807) is 0 Å². The van der Waals surface area contributed by atoms with E-state index in [9.17, 15) is 14.0 Å². The number of benzene rings is 1. The van der Waals surface area contributed by atoms with Crippen LogP contribution in [0.25, 0.3) is 0 Å². The van der Waals surface area contributed by atoms with E-state index < -0.39 is 11.1 Å². The van der Waals surface area contributed by atoms with Gasteiger partial charge in [-0.3, -0.25) is 9.59 Å². The summed E-state index contributed by atoms with van der Waals surface area (Å²) in [5, 5.41) is -1.06. The summed E-state index contributed by atoms with van der Waals surface area (Å²) < 4.78 is 13.1. The molecule has 0 aliphatic carbocycles. The maximum absolute atomic E-state index is 13.1. The molecule has 0 saturated carbocycles. The van der Waals surface area contributed by atoms with Crippen molar-refractivity contribution in [3.63, 3.8) is 0 Å². The van der Waals surface area contributed by atoms with Gasteiger partial charge in [-0.2, -0.15) is 0 Å². The Kier molecular flexibility index (Phi) is 4.13. The van der Waals surface area contributed by atoms with Crippen LogP contribution in [0.3, 0.4) is 0 Å². The predicted octanol–water partition coefficient (Wildman–Crippen LogP) is 3.50. The monoisotopic (exact) mass is 266 g/mol. The number of carbonyl (C=O) groups excluding carboxylic acids is 2. The highest BCUT2D eigenvalue weighted by molar-refractivity contribution is 8.13. The molecule has 0 aliphatic heterocycles. The molecule has 1 aromatic rings.